The second kappa shape index (κ2) is 7.20. The van der Waals surface area contributed by atoms with E-state index < -0.39 is 10.1 Å². The predicted molar refractivity (Wildman–Crippen MR) is 98.3 cm³/mol. The number of anilines is 4. The van der Waals surface area contributed by atoms with Crippen molar-refractivity contribution in [1.82, 2.24) is 15.0 Å². The predicted octanol–water partition coefficient (Wildman–Crippen LogP) is 1.65. The fourth-order valence-corrected chi connectivity index (χ4v) is 3.95. The van der Waals surface area contributed by atoms with Crippen molar-refractivity contribution in [3.63, 3.8) is 0 Å². The van der Waals surface area contributed by atoms with Gasteiger partial charge in [-0.25, -0.2) is 0 Å². The average Bonchev–Trinajstić information content (AvgIpc) is 2.54. The highest BCUT2D eigenvalue weighted by atomic mass is 35.5. The van der Waals surface area contributed by atoms with Gasteiger partial charge in [-0.15, -0.1) is 0 Å². The minimum atomic E-state index is -4.37. The Hall–Kier alpha value is -1.82. The molecule has 0 aliphatic carbocycles. The highest BCUT2D eigenvalue weighted by Gasteiger charge is 2.17. The molecule has 134 valence electrons. The Bertz CT molecular complexity index is 889. The van der Waals surface area contributed by atoms with Crippen molar-refractivity contribution in [3.8, 4) is 0 Å². The van der Waals surface area contributed by atoms with E-state index in [1.807, 2.05) is 16.7 Å². The summed E-state index contributed by atoms with van der Waals surface area (Å²) in [5, 5.41) is 2.96. The minimum Gasteiger partial charge on any atom is -0.398 e. The molecular weight excluding hydrogens is 388 g/mol. The van der Waals surface area contributed by atoms with E-state index in [9.17, 15) is 8.42 Å². The topological polar surface area (TPSA) is 134 Å². The quantitative estimate of drug-likeness (QED) is 0.511. The van der Waals surface area contributed by atoms with Crippen LogP contribution in [0.15, 0.2) is 23.1 Å². The molecular formula is C13H15ClN6O3S2. The lowest BCUT2D eigenvalue weighted by molar-refractivity contribution is 0.483. The van der Waals surface area contributed by atoms with Gasteiger partial charge in [0.15, 0.2) is 0 Å². The van der Waals surface area contributed by atoms with Crippen LogP contribution in [-0.2, 0) is 10.1 Å². The molecule has 0 unspecified atom stereocenters. The molecule has 4 N–H and O–H groups in total. The first-order valence-corrected chi connectivity index (χ1v) is 10.2. The Morgan fingerprint density at radius 2 is 1.96 bits per heavy atom. The van der Waals surface area contributed by atoms with Gasteiger partial charge in [-0.3, -0.25) is 4.55 Å². The van der Waals surface area contributed by atoms with Crippen LogP contribution in [0.4, 0.5) is 23.3 Å². The Labute approximate surface area is 153 Å². The lowest BCUT2D eigenvalue weighted by atomic mass is 10.3. The van der Waals surface area contributed by atoms with Gasteiger partial charge in [-0.05, 0) is 29.8 Å². The van der Waals surface area contributed by atoms with E-state index in [0.717, 1.165) is 24.6 Å². The summed E-state index contributed by atoms with van der Waals surface area (Å²) in [6.45, 7) is 1.64. The van der Waals surface area contributed by atoms with Crippen LogP contribution < -0.4 is 16.0 Å². The maximum absolute atomic E-state index is 11.2. The zero-order valence-electron chi connectivity index (χ0n) is 12.9. The van der Waals surface area contributed by atoms with Crippen LogP contribution in [0.2, 0.25) is 5.28 Å². The summed E-state index contributed by atoms with van der Waals surface area (Å²) in [4.78, 5) is 14.2. The van der Waals surface area contributed by atoms with Crippen LogP contribution >= 0.6 is 23.4 Å². The van der Waals surface area contributed by atoms with E-state index in [0.29, 0.717) is 11.6 Å². The number of benzene rings is 1. The zero-order chi connectivity index (χ0) is 18.0. The van der Waals surface area contributed by atoms with Gasteiger partial charge in [-0.1, -0.05) is 0 Å². The van der Waals surface area contributed by atoms with Crippen LogP contribution in [0, 0.1) is 0 Å². The van der Waals surface area contributed by atoms with Crippen molar-refractivity contribution in [2.24, 2.45) is 0 Å². The molecule has 3 rings (SSSR count). The first-order chi connectivity index (χ1) is 11.8. The van der Waals surface area contributed by atoms with Gasteiger partial charge in [0.1, 0.15) is 4.90 Å². The monoisotopic (exact) mass is 402 g/mol. The molecule has 1 aliphatic heterocycles. The number of thioether (sulfide) groups is 1. The number of nitrogens with one attached hydrogen (secondary N) is 1. The fraction of sp³-hybridized carbons (Fsp3) is 0.308. The van der Waals surface area contributed by atoms with Crippen LogP contribution in [0.5, 0.6) is 0 Å². The Balaban J connectivity index is 1.85. The van der Waals surface area contributed by atoms with Gasteiger partial charge in [0.05, 0.1) is 5.69 Å². The molecule has 2 heterocycles. The summed E-state index contributed by atoms with van der Waals surface area (Å²) >= 11 is 7.84. The molecule has 25 heavy (non-hydrogen) atoms. The number of hydrogen-bond donors (Lipinski definition) is 3. The number of nitrogens with two attached hydrogens (primary N) is 1. The number of halogens is 1. The van der Waals surface area contributed by atoms with Crippen molar-refractivity contribution < 1.29 is 13.0 Å². The van der Waals surface area contributed by atoms with Crippen LogP contribution in [-0.4, -0.2) is 52.5 Å². The first-order valence-electron chi connectivity index (χ1n) is 7.21. The lowest BCUT2D eigenvalue weighted by Crippen LogP contribution is -2.34. The summed E-state index contributed by atoms with van der Waals surface area (Å²) in [6.07, 6.45) is 0. The summed E-state index contributed by atoms with van der Waals surface area (Å²) in [5.74, 6) is 2.66. The zero-order valence-corrected chi connectivity index (χ0v) is 15.3. The van der Waals surface area contributed by atoms with Gasteiger partial charge >= 0.3 is 0 Å². The van der Waals surface area contributed by atoms with E-state index in [-0.39, 0.29) is 21.8 Å². The van der Waals surface area contributed by atoms with Gasteiger partial charge < -0.3 is 16.0 Å². The molecule has 1 aliphatic rings. The van der Waals surface area contributed by atoms with Gasteiger partial charge in [-0.2, -0.15) is 35.1 Å². The maximum Gasteiger partial charge on any atom is 0.296 e. The molecule has 12 heteroatoms. The lowest BCUT2D eigenvalue weighted by Gasteiger charge is -2.26. The third kappa shape index (κ3) is 4.42. The van der Waals surface area contributed by atoms with Gasteiger partial charge in [0.2, 0.25) is 17.2 Å². The van der Waals surface area contributed by atoms with E-state index in [4.69, 9.17) is 21.9 Å². The minimum absolute atomic E-state index is 0.0493. The molecule has 1 saturated heterocycles. The van der Waals surface area contributed by atoms with E-state index in [2.05, 4.69) is 20.3 Å². The largest absolute Gasteiger partial charge is 0.398 e. The van der Waals surface area contributed by atoms with Gasteiger partial charge in [0.25, 0.3) is 10.1 Å². The summed E-state index contributed by atoms with van der Waals surface area (Å²) in [7, 11) is -4.37. The number of rotatable bonds is 4. The molecule has 0 amide bonds. The summed E-state index contributed by atoms with van der Waals surface area (Å²) < 4.78 is 31.5. The molecule has 0 saturated carbocycles. The van der Waals surface area contributed by atoms with E-state index in [1.54, 1.807) is 0 Å². The maximum atomic E-state index is 11.2. The number of hydrogen-bond acceptors (Lipinski definition) is 9. The van der Waals surface area contributed by atoms with Crippen molar-refractivity contribution >= 4 is 56.8 Å². The van der Waals surface area contributed by atoms with Crippen molar-refractivity contribution in [3.05, 3.63) is 23.5 Å². The highest BCUT2D eigenvalue weighted by Crippen LogP contribution is 2.25. The van der Waals surface area contributed by atoms with E-state index in [1.165, 1.54) is 18.2 Å². The second-order valence-corrected chi connectivity index (χ2v) is 8.13. The second-order valence-electron chi connectivity index (χ2n) is 5.18. The molecule has 1 aromatic carbocycles. The Kier molecular flexibility index (Phi) is 5.18. The number of nitrogen functional groups attached to an aromatic ring is 1. The third-order valence-corrected chi connectivity index (χ3v) is 5.47. The van der Waals surface area contributed by atoms with Crippen molar-refractivity contribution in [1.29, 1.82) is 0 Å². The normalized spacial score (nSPS) is 15.2. The molecule has 0 atom stereocenters. The molecule has 0 spiro atoms. The molecule has 1 aromatic heterocycles. The SMILES string of the molecule is Nc1cc(Nc2nc(Cl)nc(N3CCSCC3)n2)ccc1S(=O)(=O)O. The van der Waals surface area contributed by atoms with Crippen LogP contribution in [0.25, 0.3) is 0 Å². The standard InChI is InChI=1S/C13H15ClN6O3S2/c14-11-17-12(19-13(18-11)20-3-5-24-6-4-20)16-8-1-2-10(9(15)7-8)25(21,22)23/h1-2,7H,3-6,15H2,(H,21,22,23)(H,16,17,18,19). The Morgan fingerprint density at radius 1 is 1.24 bits per heavy atom. The summed E-state index contributed by atoms with van der Waals surface area (Å²) in [6, 6.07) is 3.99. The summed E-state index contributed by atoms with van der Waals surface area (Å²) in [5.41, 5.74) is 6.02. The number of aromatic nitrogens is 3. The molecule has 0 radical (unpaired) electrons. The first kappa shape index (κ1) is 18.0. The fourth-order valence-electron chi connectivity index (χ4n) is 2.29. The van der Waals surface area contributed by atoms with Crippen LogP contribution in [0.3, 0.4) is 0 Å². The Morgan fingerprint density at radius 3 is 2.60 bits per heavy atom. The molecule has 0 bridgehead atoms. The number of nitrogens with zero attached hydrogens (tertiary/aromatic N) is 4. The molecule has 1 fully saturated rings. The van der Waals surface area contributed by atoms with Crippen molar-refractivity contribution in [2.45, 2.75) is 4.90 Å². The average molecular weight is 403 g/mol. The van der Waals surface area contributed by atoms with Crippen molar-refractivity contribution in [2.75, 3.05) is 40.5 Å². The smallest absolute Gasteiger partial charge is 0.296 e. The third-order valence-electron chi connectivity index (χ3n) is 3.43. The van der Waals surface area contributed by atoms with E-state index >= 15 is 0 Å². The molecule has 2 aromatic rings. The van der Waals surface area contributed by atoms with Gasteiger partial charge in [0, 0.05) is 30.3 Å². The molecule has 9 nitrogen and oxygen atoms in total. The highest BCUT2D eigenvalue weighted by molar-refractivity contribution is 7.99. The van der Waals surface area contributed by atoms with Crippen LogP contribution in [0.1, 0.15) is 0 Å².